The van der Waals surface area contributed by atoms with E-state index in [0.29, 0.717) is 17.6 Å². The molecule has 21 heavy (non-hydrogen) atoms. The van der Waals surface area contributed by atoms with E-state index < -0.39 is 0 Å². The van der Waals surface area contributed by atoms with Crippen molar-refractivity contribution in [3.8, 4) is 0 Å². The van der Waals surface area contributed by atoms with Gasteiger partial charge in [-0.15, -0.1) is 0 Å². The van der Waals surface area contributed by atoms with Crippen LogP contribution in [0, 0.1) is 17.8 Å². The summed E-state index contributed by atoms with van der Waals surface area (Å²) in [6, 6.07) is 8.68. The van der Waals surface area contributed by atoms with Crippen molar-refractivity contribution in [3.05, 3.63) is 35.4 Å². The average molecular weight is 282 g/mol. The SMILES string of the molecule is O=C(c1ccc(C2CCCCC2)cc1)C1CC2CCC1C2. The summed E-state index contributed by atoms with van der Waals surface area (Å²) in [6.45, 7) is 0. The van der Waals surface area contributed by atoms with E-state index in [2.05, 4.69) is 24.3 Å². The highest BCUT2D eigenvalue weighted by Gasteiger charge is 2.43. The number of hydrogen-bond donors (Lipinski definition) is 0. The molecule has 3 aliphatic rings. The molecule has 3 aliphatic carbocycles. The molecular formula is C20H26O. The number of carbonyl (C=O) groups is 1. The number of carbonyl (C=O) groups excluding carboxylic acids is 1. The molecule has 0 N–H and O–H groups in total. The van der Waals surface area contributed by atoms with E-state index in [1.54, 1.807) is 0 Å². The standard InChI is InChI=1S/C20H26O/c21-20(19-13-14-6-7-18(19)12-14)17-10-8-16(9-11-17)15-4-2-1-3-5-15/h8-11,14-15,18-19H,1-7,12-13H2. The van der Waals surface area contributed by atoms with Crippen molar-refractivity contribution < 1.29 is 4.79 Å². The van der Waals surface area contributed by atoms with Gasteiger partial charge in [0, 0.05) is 11.5 Å². The largest absolute Gasteiger partial charge is 0.294 e. The lowest BCUT2D eigenvalue weighted by atomic mass is 9.81. The molecule has 3 saturated carbocycles. The van der Waals surface area contributed by atoms with Crippen molar-refractivity contribution >= 4 is 5.78 Å². The lowest BCUT2D eigenvalue weighted by Gasteiger charge is -2.23. The summed E-state index contributed by atoms with van der Waals surface area (Å²) in [5.41, 5.74) is 2.42. The van der Waals surface area contributed by atoms with Crippen LogP contribution in [0.2, 0.25) is 0 Å². The Morgan fingerprint density at radius 2 is 1.62 bits per heavy atom. The van der Waals surface area contributed by atoms with E-state index in [-0.39, 0.29) is 0 Å². The number of benzene rings is 1. The Balaban J connectivity index is 1.47. The summed E-state index contributed by atoms with van der Waals surface area (Å²) in [5, 5.41) is 0. The number of Topliss-reactive ketones (excluding diaryl/α,β-unsaturated/α-hetero) is 1. The first kappa shape index (κ1) is 13.5. The molecule has 1 heteroatoms. The van der Waals surface area contributed by atoms with Gasteiger partial charge in [0.15, 0.2) is 5.78 Å². The molecule has 0 aromatic heterocycles. The lowest BCUT2D eigenvalue weighted by molar-refractivity contribution is 0.0874. The third-order valence-corrected chi connectivity index (χ3v) is 6.35. The molecule has 0 spiro atoms. The maximum Gasteiger partial charge on any atom is 0.166 e. The molecule has 0 aliphatic heterocycles. The van der Waals surface area contributed by atoms with E-state index in [1.165, 1.54) is 56.9 Å². The third-order valence-electron chi connectivity index (χ3n) is 6.35. The Kier molecular flexibility index (Phi) is 3.61. The van der Waals surface area contributed by atoms with Crippen LogP contribution in [0.3, 0.4) is 0 Å². The van der Waals surface area contributed by atoms with Crippen LogP contribution in [-0.4, -0.2) is 5.78 Å². The first-order chi connectivity index (χ1) is 10.3. The predicted molar refractivity (Wildman–Crippen MR) is 85.5 cm³/mol. The van der Waals surface area contributed by atoms with Gasteiger partial charge >= 0.3 is 0 Å². The molecule has 4 rings (SSSR count). The molecular weight excluding hydrogens is 256 g/mol. The van der Waals surface area contributed by atoms with Crippen molar-refractivity contribution in [2.75, 3.05) is 0 Å². The van der Waals surface area contributed by atoms with Crippen molar-refractivity contribution in [2.45, 2.75) is 63.7 Å². The molecule has 3 fully saturated rings. The van der Waals surface area contributed by atoms with Crippen molar-refractivity contribution in [3.63, 3.8) is 0 Å². The smallest absolute Gasteiger partial charge is 0.166 e. The molecule has 1 aromatic rings. The first-order valence-electron chi connectivity index (χ1n) is 8.95. The van der Waals surface area contributed by atoms with Gasteiger partial charge < -0.3 is 0 Å². The minimum Gasteiger partial charge on any atom is -0.294 e. The molecule has 3 unspecified atom stereocenters. The highest BCUT2D eigenvalue weighted by Crippen LogP contribution is 2.49. The van der Waals surface area contributed by atoms with Gasteiger partial charge in [-0.05, 0) is 55.4 Å². The van der Waals surface area contributed by atoms with Crippen LogP contribution >= 0.6 is 0 Å². The second-order valence-electron chi connectivity index (χ2n) is 7.60. The Morgan fingerprint density at radius 3 is 2.24 bits per heavy atom. The van der Waals surface area contributed by atoms with E-state index in [0.717, 1.165) is 23.8 Å². The quantitative estimate of drug-likeness (QED) is 0.683. The molecule has 1 aromatic carbocycles. The summed E-state index contributed by atoms with van der Waals surface area (Å²) in [6.07, 6.45) is 11.9. The monoisotopic (exact) mass is 282 g/mol. The van der Waals surface area contributed by atoms with Crippen LogP contribution in [0.15, 0.2) is 24.3 Å². The summed E-state index contributed by atoms with van der Waals surface area (Å²) >= 11 is 0. The summed E-state index contributed by atoms with van der Waals surface area (Å²) in [7, 11) is 0. The van der Waals surface area contributed by atoms with Gasteiger partial charge in [-0.3, -0.25) is 4.79 Å². The predicted octanol–water partition coefficient (Wildman–Crippen LogP) is 5.35. The molecule has 112 valence electrons. The zero-order valence-electron chi connectivity index (χ0n) is 12.9. The minimum absolute atomic E-state index is 0.337. The van der Waals surface area contributed by atoms with Gasteiger partial charge in [0.25, 0.3) is 0 Å². The fourth-order valence-electron chi connectivity index (χ4n) is 5.14. The van der Waals surface area contributed by atoms with Crippen LogP contribution in [0.1, 0.15) is 79.6 Å². The lowest BCUT2D eigenvalue weighted by Crippen LogP contribution is -2.21. The fraction of sp³-hybridized carbons (Fsp3) is 0.650. The number of rotatable bonds is 3. The highest BCUT2D eigenvalue weighted by molar-refractivity contribution is 5.98. The van der Waals surface area contributed by atoms with Crippen LogP contribution in [0.25, 0.3) is 0 Å². The van der Waals surface area contributed by atoms with Gasteiger partial charge in [-0.25, -0.2) is 0 Å². The van der Waals surface area contributed by atoms with Crippen LogP contribution < -0.4 is 0 Å². The van der Waals surface area contributed by atoms with Crippen molar-refractivity contribution in [1.82, 2.24) is 0 Å². The maximum atomic E-state index is 12.7. The minimum atomic E-state index is 0.337. The van der Waals surface area contributed by atoms with Crippen molar-refractivity contribution in [2.24, 2.45) is 17.8 Å². The normalized spacial score (nSPS) is 32.5. The van der Waals surface area contributed by atoms with Gasteiger partial charge in [-0.1, -0.05) is 49.9 Å². The molecule has 0 heterocycles. The molecule has 0 radical (unpaired) electrons. The Morgan fingerprint density at radius 1 is 0.857 bits per heavy atom. The molecule has 2 bridgehead atoms. The zero-order valence-corrected chi connectivity index (χ0v) is 12.9. The van der Waals surface area contributed by atoms with Gasteiger partial charge in [-0.2, -0.15) is 0 Å². The van der Waals surface area contributed by atoms with Gasteiger partial charge in [0.2, 0.25) is 0 Å². The van der Waals surface area contributed by atoms with Gasteiger partial charge in [0.05, 0.1) is 0 Å². The molecule has 0 amide bonds. The summed E-state index contributed by atoms with van der Waals surface area (Å²) in [5.74, 6) is 3.05. The van der Waals surface area contributed by atoms with E-state index in [4.69, 9.17) is 0 Å². The topological polar surface area (TPSA) is 17.1 Å². The number of hydrogen-bond acceptors (Lipinski definition) is 1. The average Bonchev–Trinajstić information content (AvgIpc) is 3.18. The second-order valence-corrected chi connectivity index (χ2v) is 7.60. The van der Waals surface area contributed by atoms with E-state index in [9.17, 15) is 4.79 Å². The van der Waals surface area contributed by atoms with Crippen molar-refractivity contribution in [1.29, 1.82) is 0 Å². The number of ketones is 1. The number of fused-ring (bicyclic) bond motifs is 2. The van der Waals surface area contributed by atoms with E-state index in [1.807, 2.05) is 0 Å². The van der Waals surface area contributed by atoms with Gasteiger partial charge in [0.1, 0.15) is 0 Å². The Hall–Kier alpha value is -1.11. The zero-order chi connectivity index (χ0) is 14.2. The Bertz CT molecular complexity index is 509. The Labute approximate surface area is 128 Å². The first-order valence-corrected chi connectivity index (χ1v) is 8.95. The summed E-state index contributed by atoms with van der Waals surface area (Å²) < 4.78 is 0. The second kappa shape index (κ2) is 5.59. The third kappa shape index (κ3) is 2.56. The van der Waals surface area contributed by atoms with E-state index >= 15 is 0 Å². The molecule has 0 saturated heterocycles. The van der Waals surface area contributed by atoms with Crippen LogP contribution in [-0.2, 0) is 0 Å². The van der Waals surface area contributed by atoms with Crippen LogP contribution in [0.4, 0.5) is 0 Å². The molecule has 3 atom stereocenters. The molecule has 1 nitrogen and oxygen atoms in total. The van der Waals surface area contributed by atoms with Crippen LogP contribution in [0.5, 0.6) is 0 Å². The summed E-state index contributed by atoms with van der Waals surface area (Å²) in [4.78, 5) is 12.7. The fourth-order valence-corrected chi connectivity index (χ4v) is 5.14. The highest BCUT2D eigenvalue weighted by atomic mass is 16.1. The maximum absolute atomic E-state index is 12.7.